The van der Waals surface area contributed by atoms with E-state index in [1.54, 1.807) is 0 Å². The highest BCUT2D eigenvalue weighted by Gasteiger charge is 2.50. The zero-order valence-electron chi connectivity index (χ0n) is 9.79. The average molecular weight is 218 g/mol. The molecule has 1 aromatic carbocycles. The lowest BCUT2D eigenvalue weighted by molar-refractivity contribution is -0.117. The number of hydrogen-bond acceptors (Lipinski definition) is 2. The third kappa shape index (κ3) is 2.25. The summed E-state index contributed by atoms with van der Waals surface area (Å²) in [5, 5.41) is 2.94. The second-order valence-electron chi connectivity index (χ2n) is 5.14. The van der Waals surface area contributed by atoms with E-state index in [2.05, 4.69) is 19.2 Å². The van der Waals surface area contributed by atoms with Crippen LogP contribution in [-0.4, -0.2) is 5.91 Å². The third-order valence-electron chi connectivity index (χ3n) is 3.26. The third-order valence-corrected chi connectivity index (χ3v) is 3.26. The average Bonchev–Trinajstić information content (AvgIpc) is 2.88. The van der Waals surface area contributed by atoms with Crippen LogP contribution in [-0.2, 0) is 11.3 Å². The SMILES string of the molecule is CC1(C)CC1C(=O)Nc1cccc(CN)c1. The predicted octanol–water partition coefficient (Wildman–Crippen LogP) is 2.13. The second kappa shape index (κ2) is 3.91. The maximum Gasteiger partial charge on any atom is 0.228 e. The van der Waals surface area contributed by atoms with Gasteiger partial charge in [0.2, 0.25) is 5.91 Å². The molecule has 1 atom stereocenters. The van der Waals surface area contributed by atoms with E-state index in [0.717, 1.165) is 17.7 Å². The van der Waals surface area contributed by atoms with Crippen molar-refractivity contribution in [3.8, 4) is 0 Å². The van der Waals surface area contributed by atoms with E-state index in [9.17, 15) is 4.79 Å². The minimum Gasteiger partial charge on any atom is -0.326 e. The molecule has 3 heteroatoms. The van der Waals surface area contributed by atoms with Crippen molar-refractivity contribution in [3.05, 3.63) is 29.8 Å². The van der Waals surface area contributed by atoms with Crippen LogP contribution in [0.15, 0.2) is 24.3 Å². The molecule has 1 aliphatic carbocycles. The topological polar surface area (TPSA) is 55.1 Å². The molecule has 1 amide bonds. The lowest BCUT2D eigenvalue weighted by atomic mass is 10.1. The van der Waals surface area contributed by atoms with E-state index in [0.29, 0.717) is 6.54 Å². The molecule has 86 valence electrons. The Hall–Kier alpha value is -1.35. The van der Waals surface area contributed by atoms with E-state index in [4.69, 9.17) is 5.73 Å². The summed E-state index contributed by atoms with van der Waals surface area (Å²) >= 11 is 0. The molecule has 0 aliphatic heterocycles. The summed E-state index contributed by atoms with van der Waals surface area (Å²) in [6.45, 7) is 4.74. The number of rotatable bonds is 3. The van der Waals surface area contributed by atoms with Gasteiger partial charge in [0.05, 0.1) is 0 Å². The Balaban J connectivity index is 2.01. The molecule has 0 bridgehead atoms. The Morgan fingerprint density at radius 2 is 2.25 bits per heavy atom. The van der Waals surface area contributed by atoms with Gasteiger partial charge in [-0.1, -0.05) is 26.0 Å². The van der Waals surface area contributed by atoms with Crippen molar-refractivity contribution in [1.29, 1.82) is 0 Å². The van der Waals surface area contributed by atoms with Crippen molar-refractivity contribution in [2.75, 3.05) is 5.32 Å². The number of anilines is 1. The number of nitrogens with two attached hydrogens (primary N) is 1. The molecule has 0 radical (unpaired) electrons. The quantitative estimate of drug-likeness (QED) is 0.816. The molecule has 1 aliphatic rings. The van der Waals surface area contributed by atoms with Gasteiger partial charge in [0.25, 0.3) is 0 Å². The van der Waals surface area contributed by atoms with E-state index < -0.39 is 0 Å². The first-order chi connectivity index (χ1) is 7.53. The van der Waals surface area contributed by atoms with Crippen molar-refractivity contribution in [2.45, 2.75) is 26.8 Å². The molecular weight excluding hydrogens is 200 g/mol. The van der Waals surface area contributed by atoms with Crippen LogP contribution in [0.25, 0.3) is 0 Å². The largest absolute Gasteiger partial charge is 0.326 e. The lowest BCUT2D eigenvalue weighted by Gasteiger charge is -2.07. The fourth-order valence-corrected chi connectivity index (χ4v) is 1.92. The van der Waals surface area contributed by atoms with Crippen molar-refractivity contribution in [1.82, 2.24) is 0 Å². The van der Waals surface area contributed by atoms with Crippen LogP contribution in [0.4, 0.5) is 5.69 Å². The van der Waals surface area contributed by atoms with Gasteiger partial charge < -0.3 is 11.1 Å². The Morgan fingerprint density at radius 1 is 1.56 bits per heavy atom. The Bertz CT molecular complexity index is 412. The van der Waals surface area contributed by atoms with Crippen molar-refractivity contribution in [3.63, 3.8) is 0 Å². The predicted molar refractivity (Wildman–Crippen MR) is 64.9 cm³/mol. The summed E-state index contributed by atoms with van der Waals surface area (Å²) in [7, 11) is 0. The highest BCUT2D eigenvalue weighted by Crippen LogP contribution is 2.51. The molecule has 1 saturated carbocycles. The Morgan fingerprint density at radius 3 is 2.81 bits per heavy atom. The van der Waals surface area contributed by atoms with Gasteiger partial charge >= 0.3 is 0 Å². The maximum absolute atomic E-state index is 11.8. The van der Waals surface area contributed by atoms with Gasteiger partial charge in [-0.25, -0.2) is 0 Å². The molecule has 1 aromatic rings. The lowest BCUT2D eigenvalue weighted by Crippen LogP contribution is -2.16. The van der Waals surface area contributed by atoms with Gasteiger partial charge in [-0.05, 0) is 29.5 Å². The molecule has 3 N–H and O–H groups in total. The molecule has 3 nitrogen and oxygen atoms in total. The van der Waals surface area contributed by atoms with Crippen molar-refractivity contribution < 1.29 is 4.79 Å². The second-order valence-corrected chi connectivity index (χ2v) is 5.14. The molecule has 0 saturated heterocycles. The van der Waals surface area contributed by atoms with Crippen LogP contribution >= 0.6 is 0 Å². The molecular formula is C13H18N2O. The molecule has 2 rings (SSSR count). The fraction of sp³-hybridized carbons (Fsp3) is 0.462. The van der Waals surface area contributed by atoms with Crippen LogP contribution in [0.2, 0.25) is 0 Å². The molecule has 0 spiro atoms. The van der Waals surface area contributed by atoms with E-state index in [1.165, 1.54) is 0 Å². The Kier molecular flexibility index (Phi) is 2.72. The molecule has 1 fully saturated rings. The van der Waals surface area contributed by atoms with Crippen LogP contribution in [0, 0.1) is 11.3 Å². The van der Waals surface area contributed by atoms with Crippen LogP contribution < -0.4 is 11.1 Å². The maximum atomic E-state index is 11.8. The van der Waals surface area contributed by atoms with Gasteiger partial charge in [0.1, 0.15) is 0 Å². The van der Waals surface area contributed by atoms with Crippen LogP contribution in [0.3, 0.4) is 0 Å². The molecule has 1 unspecified atom stereocenters. The van der Waals surface area contributed by atoms with Crippen LogP contribution in [0.5, 0.6) is 0 Å². The first-order valence-electron chi connectivity index (χ1n) is 5.63. The first kappa shape index (κ1) is 11.1. The Labute approximate surface area is 96.0 Å². The fourth-order valence-electron chi connectivity index (χ4n) is 1.92. The van der Waals surface area contributed by atoms with E-state index in [-0.39, 0.29) is 17.2 Å². The molecule has 0 heterocycles. The van der Waals surface area contributed by atoms with Gasteiger partial charge in [-0.15, -0.1) is 0 Å². The molecule has 0 aromatic heterocycles. The van der Waals surface area contributed by atoms with Gasteiger partial charge in [0, 0.05) is 18.2 Å². The van der Waals surface area contributed by atoms with Gasteiger partial charge in [0.15, 0.2) is 0 Å². The summed E-state index contributed by atoms with van der Waals surface area (Å²) in [6, 6.07) is 7.69. The van der Waals surface area contributed by atoms with Crippen LogP contribution in [0.1, 0.15) is 25.8 Å². The van der Waals surface area contributed by atoms with Gasteiger partial charge in [-0.3, -0.25) is 4.79 Å². The highest BCUT2D eigenvalue weighted by atomic mass is 16.2. The highest BCUT2D eigenvalue weighted by molar-refractivity contribution is 5.95. The van der Waals surface area contributed by atoms with Gasteiger partial charge in [-0.2, -0.15) is 0 Å². The number of hydrogen-bond donors (Lipinski definition) is 2. The number of carbonyl (C=O) groups excluding carboxylic acids is 1. The summed E-state index contributed by atoms with van der Waals surface area (Å²) in [6.07, 6.45) is 0.982. The number of nitrogens with one attached hydrogen (secondary N) is 1. The standard InChI is InChI=1S/C13H18N2O/c1-13(2)7-11(13)12(16)15-10-5-3-4-9(6-10)8-14/h3-6,11H,7-8,14H2,1-2H3,(H,15,16). The minimum absolute atomic E-state index is 0.124. The van der Waals surface area contributed by atoms with E-state index in [1.807, 2.05) is 24.3 Å². The number of benzene rings is 1. The number of amides is 1. The number of carbonyl (C=O) groups is 1. The summed E-state index contributed by atoms with van der Waals surface area (Å²) < 4.78 is 0. The van der Waals surface area contributed by atoms with Crippen molar-refractivity contribution in [2.24, 2.45) is 17.1 Å². The summed E-state index contributed by atoms with van der Waals surface area (Å²) in [4.78, 5) is 11.8. The van der Waals surface area contributed by atoms with Crippen molar-refractivity contribution >= 4 is 11.6 Å². The normalized spacial score (nSPS) is 21.6. The zero-order valence-corrected chi connectivity index (χ0v) is 9.79. The summed E-state index contributed by atoms with van der Waals surface area (Å²) in [5.41, 5.74) is 7.61. The van der Waals surface area contributed by atoms with E-state index >= 15 is 0 Å². The monoisotopic (exact) mass is 218 g/mol. The zero-order chi connectivity index (χ0) is 11.8. The molecule has 16 heavy (non-hydrogen) atoms. The summed E-state index contributed by atoms with van der Waals surface area (Å²) in [5.74, 6) is 0.285. The first-order valence-corrected chi connectivity index (χ1v) is 5.63. The minimum atomic E-state index is 0.124. The smallest absolute Gasteiger partial charge is 0.228 e.